The third kappa shape index (κ3) is 2.99. The summed E-state index contributed by atoms with van der Waals surface area (Å²) >= 11 is 0. The van der Waals surface area contributed by atoms with Gasteiger partial charge in [-0.05, 0) is 70.4 Å². The van der Waals surface area contributed by atoms with Gasteiger partial charge in [-0.15, -0.1) is 0 Å². The molecule has 0 heterocycles. The summed E-state index contributed by atoms with van der Waals surface area (Å²) in [6.45, 7) is 4.03. The van der Waals surface area contributed by atoms with Crippen LogP contribution in [0.3, 0.4) is 0 Å². The van der Waals surface area contributed by atoms with Crippen molar-refractivity contribution in [2.24, 2.45) is 5.73 Å². The van der Waals surface area contributed by atoms with Crippen LogP contribution in [0.5, 0.6) is 0 Å². The van der Waals surface area contributed by atoms with Crippen LogP contribution in [0.1, 0.15) is 30.4 Å². The molecule has 1 aliphatic carbocycles. The molecule has 1 saturated carbocycles. The molecule has 1 aromatic rings. The molecule has 0 spiro atoms. The molecule has 2 rings (SSSR count). The number of likely N-dealkylation sites (N-methyl/N-ethyl adjacent to an activating group) is 2. The van der Waals surface area contributed by atoms with E-state index in [1.54, 1.807) is 0 Å². The van der Waals surface area contributed by atoms with Crippen molar-refractivity contribution < 1.29 is 0 Å². The number of hydrogen-bond acceptors (Lipinski definition) is 3. The second-order valence-electron chi connectivity index (χ2n) is 6.49. The number of hydrogen-bond donors (Lipinski definition) is 1. The zero-order chi connectivity index (χ0) is 14.8. The zero-order valence-corrected chi connectivity index (χ0v) is 13.4. The van der Waals surface area contributed by atoms with Gasteiger partial charge in [-0.3, -0.25) is 0 Å². The Morgan fingerprint density at radius 1 is 1.20 bits per heavy atom. The summed E-state index contributed by atoms with van der Waals surface area (Å²) < 4.78 is 0. The van der Waals surface area contributed by atoms with Crippen LogP contribution in [0.2, 0.25) is 0 Å². The van der Waals surface area contributed by atoms with Crippen molar-refractivity contribution in [2.75, 3.05) is 39.1 Å². The molecule has 3 nitrogen and oxygen atoms in total. The van der Waals surface area contributed by atoms with Crippen molar-refractivity contribution in [2.45, 2.75) is 38.1 Å². The quantitative estimate of drug-likeness (QED) is 0.865. The van der Waals surface area contributed by atoms with Crippen molar-refractivity contribution >= 4 is 5.69 Å². The van der Waals surface area contributed by atoms with Gasteiger partial charge in [0, 0.05) is 24.8 Å². The number of aryl methyl sites for hydroxylation is 1. The van der Waals surface area contributed by atoms with Crippen LogP contribution in [0.4, 0.5) is 5.69 Å². The molecule has 2 N–H and O–H groups in total. The first-order valence-corrected chi connectivity index (χ1v) is 7.67. The predicted molar refractivity (Wildman–Crippen MR) is 87.5 cm³/mol. The van der Waals surface area contributed by atoms with Crippen LogP contribution in [0, 0.1) is 6.92 Å². The number of rotatable bonds is 6. The first-order chi connectivity index (χ1) is 9.48. The number of anilines is 1. The van der Waals surface area contributed by atoms with Gasteiger partial charge in [0.05, 0.1) is 0 Å². The number of nitrogens with two attached hydrogens (primary N) is 1. The maximum absolute atomic E-state index is 5.63. The van der Waals surface area contributed by atoms with Gasteiger partial charge in [-0.2, -0.15) is 0 Å². The molecule has 0 aromatic heterocycles. The lowest BCUT2D eigenvalue weighted by molar-refractivity contribution is 0.0683. The van der Waals surface area contributed by atoms with E-state index in [4.69, 9.17) is 5.73 Å². The molecule has 1 aromatic carbocycles. The van der Waals surface area contributed by atoms with Crippen molar-refractivity contribution in [3.8, 4) is 0 Å². The molecular weight excluding hydrogens is 246 g/mol. The third-order valence-corrected chi connectivity index (χ3v) is 4.87. The Kier molecular flexibility index (Phi) is 4.71. The molecule has 3 heteroatoms. The summed E-state index contributed by atoms with van der Waals surface area (Å²) in [6, 6.07) is 6.75. The lowest BCUT2D eigenvalue weighted by atomic mass is 9.75. The molecule has 0 radical (unpaired) electrons. The van der Waals surface area contributed by atoms with E-state index in [0.29, 0.717) is 5.54 Å². The SMILES string of the molecule is Cc1cc(CCN)ccc1N(C)CC1(N(C)C)CCC1. The van der Waals surface area contributed by atoms with Gasteiger partial charge in [-0.1, -0.05) is 12.1 Å². The highest BCUT2D eigenvalue weighted by atomic mass is 15.2. The third-order valence-electron chi connectivity index (χ3n) is 4.87. The molecule has 0 aliphatic heterocycles. The highest BCUT2D eigenvalue weighted by molar-refractivity contribution is 5.54. The fraction of sp³-hybridized carbons (Fsp3) is 0.647. The summed E-state index contributed by atoms with van der Waals surface area (Å²) in [7, 11) is 6.64. The molecule has 20 heavy (non-hydrogen) atoms. The second-order valence-corrected chi connectivity index (χ2v) is 6.49. The van der Waals surface area contributed by atoms with Gasteiger partial charge in [0.25, 0.3) is 0 Å². The van der Waals surface area contributed by atoms with Crippen molar-refractivity contribution in [3.05, 3.63) is 29.3 Å². The lowest BCUT2D eigenvalue weighted by Gasteiger charge is -2.49. The summed E-state index contributed by atoms with van der Waals surface area (Å²) in [6.07, 6.45) is 4.95. The molecule has 1 fully saturated rings. The maximum atomic E-state index is 5.63. The van der Waals surface area contributed by atoms with Crippen molar-refractivity contribution in [3.63, 3.8) is 0 Å². The van der Waals surface area contributed by atoms with E-state index in [2.05, 4.69) is 56.1 Å². The van der Waals surface area contributed by atoms with E-state index >= 15 is 0 Å². The molecule has 0 bridgehead atoms. The lowest BCUT2D eigenvalue weighted by Crippen LogP contribution is -2.56. The Labute approximate surface area is 123 Å². The van der Waals surface area contributed by atoms with Crippen molar-refractivity contribution in [1.82, 2.24) is 4.90 Å². The van der Waals surface area contributed by atoms with E-state index in [1.165, 1.54) is 36.1 Å². The molecule has 112 valence electrons. The highest BCUT2D eigenvalue weighted by Crippen LogP contribution is 2.37. The standard InChI is InChI=1S/C17H29N3/c1-14-12-15(8-11-18)6-7-16(14)20(4)13-17(19(2)3)9-5-10-17/h6-7,12H,5,8-11,13,18H2,1-4H3. The predicted octanol–water partition coefficient (Wildman–Crippen LogP) is 2.42. The molecule has 0 saturated heterocycles. The van der Waals surface area contributed by atoms with Crippen LogP contribution in [-0.4, -0.2) is 44.7 Å². The van der Waals surface area contributed by atoms with E-state index in [9.17, 15) is 0 Å². The minimum absolute atomic E-state index is 0.372. The van der Waals surface area contributed by atoms with Gasteiger partial charge in [0.2, 0.25) is 0 Å². The van der Waals surface area contributed by atoms with Crippen LogP contribution in [0.15, 0.2) is 18.2 Å². The van der Waals surface area contributed by atoms with E-state index in [1.807, 2.05) is 0 Å². The fourth-order valence-corrected chi connectivity index (χ4v) is 3.33. The average molecular weight is 275 g/mol. The topological polar surface area (TPSA) is 32.5 Å². The maximum Gasteiger partial charge on any atom is 0.0394 e. The van der Waals surface area contributed by atoms with Gasteiger partial charge in [0.15, 0.2) is 0 Å². The zero-order valence-electron chi connectivity index (χ0n) is 13.4. The minimum Gasteiger partial charge on any atom is -0.373 e. The summed E-state index contributed by atoms with van der Waals surface area (Å²) in [5.74, 6) is 0. The van der Waals surface area contributed by atoms with Crippen LogP contribution < -0.4 is 10.6 Å². The molecular formula is C17H29N3. The monoisotopic (exact) mass is 275 g/mol. The number of nitrogens with zero attached hydrogens (tertiary/aromatic N) is 2. The van der Waals surface area contributed by atoms with Gasteiger partial charge < -0.3 is 15.5 Å². The largest absolute Gasteiger partial charge is 0.373 e. The Bertz CT molecular complexity index is 450. The summed E-state index contributed by atoms with van der Waals surface area (Å²) in [4.78, 5) is 4.83. The van der Waals surface area contributed by atoms with Gasteiger partial charge in [-0.25, -0.2) is 0 Å². The second kappa shape index (κ2) is 6.15. The van der Waals surface area contributed by atoms with Gasteiger partial charge in [0.1, 0.15) is 0 Å². The van der Waals surface area contributed by atoms with Crippen LogP contribution in [0.25, 0.3) is 0 Å². The number of benzene rings is 1. The van der Waals surface area contributed by atoms with E-state index in [0.717, 1.165) is 19.5 Å². The Balaban J connectivity index is 2.11. The Morgan fingerprint density at radius 3 is 2.35 bits per heavy atom. The van der Waals surface area contributed by atoms with E-state index in [-0.39, 0.29) is 0 Å². The minimum atomic E-state index is 0.372. The summed E-state index contributed by atoms with van der Waals surface area (Å²) in [5.41, 5.74) is 10.0. The Hall–Kier alpha value is -1.06. The fourth-order valence-electron chi connectivity index (χ4n) is 3.33. The smallest absolute Gasteiger partial charge is 0.0394 e. The molecule has 0 amide bonds. The highest BCUT2D eigenvalue weighted by Gasteiger charge is 2.40. The Morgan fingerprint density at radius 2 is 1.90 bits per heavy atom. The van der Waals surface area contributed by atoms with Crippen molar-refractivity contribution in [1.29, 1.82) is 0 Å². The normalized spacial score (nSPS) is 17.1. The first kappa shape index (κ1) is 15.3. The molecule has 0 atom stereocenters. The summed E-state index contributed by atoms with van der Waals surface area (Å²) in [5, 5.41) is 0. The van der Waals surface area contributed by atoms with Gasteiger partial charge >= 0.3 is 0 Å². The first-order valence-electron chi connectivity index (χ1n) is 7.67. The van der Waals surface area contributed by atoms with Crippen LogP contribution in [-0.2, 0) is 6.42 Å². The average Bonchev–Trinajstić information content (AvgIpc) is 2.33. The molecule has 0 unspecified atom stereocenters. The molecule has 1 aliphatic rings. The van der Waals surface area contributed by atoms with E-state index < -0.39 is 0 Å². The van der Waals surface area contributed by atoms with Crippen LogP contribution >= 0.6 is 0 Å².